The molecule has 0 aliphatic carbocycles. The highest BCUT2D eigenvalue weighted by Crippen LogP contribution is 2.41. The van der Waals surface area contributed by atoms with Gasteiger partial charge in [-0.3, -0.25) is 0 Å². The molecule has 1 aliphatic rings. The van der Waals surface area contributed by atoms with E-state index >= 15 is 0 Å². The number of aryl methyl sites for hydroxylation is 1. The van der Waals surface area contributed by atoms with Crippen molar-refractivity contribution in [3.05, 3.63) is 22.4 Å². The van der Waals surface area contributed by atoms with Crippen molar-refractivity contribution in [3.63, 3.8) is 0 Å². The van der Waals surface area contributed by atoms with Gasteiger partial charge in [0.05, 0.1) is 5.56 Å². The van der Waals surface area contributed by atoms with Gasteiger partial charge in [-0.2, -0.15) is 17.0 Å². The van der Waals surface area contributed by atoms with Crippen LogP contribution in [-0.2, 0) is 18.6 Å². The van der Waals surface area contributed by atoms with E-state index in [2.05, 4.69) is 39.1 Å². The Bertz CT molecular complexity index is 602. The summed E-state index contributed by atoms with van der Waals surface area (Å²) in [4.78, 5) is 4.87. The predicted octanol–water partition coefficient (Wildman–Crippen LogP) is 5.47. The number of nitrogens with zero attached hydrogens (tertiary/aromatic N) is 2. The summed E-state index contributed by atoms with van der Waals surface area (Å²) in [7, 11) is 0. The minimum absolute atomic E-state index is 0.196. The van der Waals surface area contributed by atoms with E-state index in [1.54, 1.807) is 0 Å². The lowest BCUT2D eigenvalue weighted by Crippen LogP contribution is -2.26. The monoisotopic (exact) mass is 345 g/mol. The Balaban J connectivity index is 2.29. The van der Waals surface area contributed by atoms with E-state index in [-0.39, 0.29) is 4.75 Å². The lowest BCUT2D eigenvalue weighted by atomic mass is 9.91. The minimum atomic E-state index is 0.196. The molecule has 0 unspecified atom stereocenters. The fourth-order valence-corrected chi connectivity index (χ4v) is 4.41. The van der Waals surface area contributed by atoms with Crippen LogP contribution < -0.4 is 5.32 Å². The second kappa shape index (κ2) is 8.76. The third-order valence-electron chi connectivity index (χ3n) is 4.63. The molecule has 1 aliphatic heterocycles. The van der Waals surface area contributed by atoms with E-state index in [4.69, 9.17) is 4.98 Å². The molecule has 0 fully saturated rings. The molecule has 1 aromatic rings. The zero-order valence-electron chi connectivity index (χ0n) is 15.7. The van der Waals surface area contributed by atoms with Gasteiger partial charge in [-0.05, 0) is 30.4 Å². The quantitative estimate of drug-likeness (QED) is 0.635. The number of fused-ring (bicyclic) bond motifs is 1. The number of rotatable bonds is 8. The van der Waals surface area contributed by atoms with Crippen LogP contribution in [0.4, 0.5) is 5.82 Å². The highest BCUT2D eigenvalue weighted by molar-refractivity contribution is 7.99. The SMILES string of the molecule is CCCCCCNc1nc(CCC)c2c(c1C#N)CC(C)(C)SC2. The number of aromatic nitrogens is 1. The molecular formula is C20H31N3S. The summed E-state index contributed by atoms with van der Waals surface area (Å²) < 4.78 is 0.196. The number of thioether (sulfide) groups is 1. The fourth-order valence-electron chi connectivity index (χ4n) is 3.29. The summed E-state index contributed by atoms with van der Waals surface area (Å²) in [5.74, 6) is 1.80. The molecular weight excluding hydrogens is 314 g/mol. The first-order valence-electron chi connectivity index (χ1n) is 9.35. The summed E-state index contributed by atoms with van der Waals surface area (Å²) in [6.45, 7) is 9.89. The molecule has 24 heavy (non-hydrogen) atoms. The maximum Gasteiger partial charge on any atom is 0.144 e. The average Bonchev–Trinajstić information content (AvgIpc) is 2.54. The first-order chi connectivity index (χ1) is 11.5. The van der Waals surface area contributed by atoms with Crippen LogP contribution in [0.25, 0.3) is 0 Å². The van der Waals surface area contributed by atoms with Gasteiger partial charge in [0.2, 0.25) is 0 Å². The maximum atomic E-state index is 9.77. The number of pyridine rings is 1. The second-order valence-electron chi connectivity index (χ2n) is 7.31. The molecule has 0 aromatic carbocycles. The van der Waals surface area contributed by atoms with Gasteiger partial charge in [-0.25, -0.2) is 4.98 Å². The van der Waals surface area contributed by atoms with Gasteiger partial charge < -0.3 is 5.32 Å². The van der Waals surface area contributed by atoms with Crippen LogP contribution in [0.15, 0.2) is 0 Å². The largest absolute Gasteiger partial charge is 0.369 e. The molecule has 0 atom stereocenters. The van der Waals surface area contributed by atoms with Gasteiger partial charge in [0, 0.05) is 22.7 Å². The van der Waals surface area contributed by atoms with E-state index in [1.807, 2.05) is 11.8 Å². The highest BCUT2D eigenvalue weighted by Gasteiger charge is 2.31. The molecule has 0 spiro atoms. The smallest absolute Gasteiger partial charge is 0.144 e. The van der Waals surface area contributed by atoms with Crippen molar-refractivity contribution >= 4 is 17.6 Å². The van der Waals surface area contributed by atoms with E-state index < -0.39 is 0 Å². The predicted molar refractivity (Wildman–Crippen MR) is 105 cm³/mol. The molecule has 132 valence electrons. The van der Waals surface area contributed by atoms with Gasteiger partial charge in [0.15, 0.2) is 0 Å². The third-order valence-corrected chi connectivity index (χ3v) is 5.99. The zero-order chi connectivity index (χ0) is 17.6. The molecule has 0 radical (unpaired) electrons. The van der Waals surface area contributed by atoms with Crippen molar-refractivity contribution in [2.45, 2.75) is 83.1 Å². The van der Waals surface area contributed by atoms with Gasteiger partial charge in [-0.1, -0.05) is 53.4 Å². The lowest BCUT2D eigenvalue weighted by Gasteiger charge is -2.33. The van der Waals surface area contributed by atoms with E-state index in [0.29, 0.717) is 0 Å². The Morgan fingerprint density at radius 3 is 2.62 bits per heavy atom. The van der Waals surface area contributed by atoms with Gasteiger partial charge >= 0.3 is 0 Å². The zero-order valence-corrected chi connectivity index (χ0v) is 16.5. The van der Waals surface area contributed by atoms with Crippen molar-refractivity contribution in [1.29, 1.82) is 5.26 Å². The van der Waals surface area contributed by atoms with Crippen molar-refractivity contribution in [1.82, 2.24) is 4.98 Å². The lowest BCUT2D eigenvalue weighted by molar-refractivity contribution is 0.679. The van der Waals surface area contributed by atoms with Crippen LogP contribution in [-0.4, -0.2) is 16.3 Å². The molecule has 3 nitrogen and oxygen atoms in total. The first kappa shape index (κ1) is 19.1. The molecule has 4 heteroatoms. The summed E-state index contributed by atoms with van der Waals surface area (Å²) in [5, 5.41) is 13.2. The van der Waals surface area contributed by atoms with Crippen LogP contribution in [0.5, 0.6) is 0 Å². The van der Waals surface area contributed by atoms with Crippen LogP contribution in [0.2, 0.25) is 0 Å². The summed E-state index contributed by atoms with van der Waals surface area (Å²) in [6, 6.07) is 2.45. The molecule has 1 aromatic heterocycles. The van der Waals surface area contributed by atoms with Crippen LogP contribution >= 0.6 is 11.8 Å². The van der Waals surface area contributed by atoms with E-state index in [0.717, 1.165) is 49.4 Å². The summed E-state index contributed by atoms with van der Waals surface area (Å²) in [5.41, 5.74) is 4.56. The Morgan fingerprint density at radius 2 is 1.96 bits per heavy atom. The highest BCUT2D eigenvalue weighted by atomic mass is 32.2. The molecule has 0 saturated heterocycles. The van der Waals surface area contributed by atoms with E-state index in [9.17, 15) is 5.26 Å². The van der Waals surface area contributed by atoms with Gasteiger partial charge in [0.25, 0.3) is 0 Å². The maximum absolute atomic E-state index is 9.77. The number of nitriles is 1. The normalized spacial score (nSPS) is 15.6. The molecule has 1 N–H and O–H groups in total. The van der Waals surface area contributed by atoms with Crippen molar-refractivity contribution in [3.8, 4) is 6.07 Å². The second-order valence-corrected chi connectivity index (χ2v) is 9.00. The standard InChI is InChI=1S/C20H31N3S/c1-5-7-8-9-11-22-19-16(13-21)15-12-20(3,4)24-14-17(15)18(23-19)10-6-2/h5-12,14H2,1-4H3,(H,22,23). The first-order valence-corrected chi connectivity index (χ1v) is 10.3. The Morgan fingerprint density at radius 1 is 1.17 bits per heavy atom. The number of unbranched alkanes of at least 4 members (excludes halogenated alkanes) is 3. The number of nitrogens with one attached hydrogen (secondary N) is 1. The van der Waals surface area contributed by atoms with Crippen LogP contribution in [0, 0.1) is 11.3 Å². The van der Waals surface area contributed by atoms with Gasteiger partial charge in [-0.15, -0.1) is 0 Å². The van der Waals surface area contributed by atoms with Crippen LogP contribution in [0.3, 0.4) is 0 Å². The summed E-state index contributed by atoms with van der Waals surface area (Å²) in [6.07, 6.45) is 7.95. The summed E-state index contributed by atoms with van der Waals surface area (Å²) >= 11 is 1.99. The Hall–Kier alpha value is -1.21. The van der Waals surface area contributed by atoms with Crippen molar-refractivity contribution in [2.24, 2.45) is 0 Å². The Kier molecular flexibility index (Phi) is 6.98. The minimum Gasteiger partial charge on any atom is -0.369 e. The molecule has 0 bridgehead atoms. The number of hydrogen-bond donors (Lipinski definition) is 1. The van der Waals surface area contributed by atoms with Crippen molar-refractivity contribution < 1.29 is 0 Å². The molecule has 0 saturated carbocycles. The fraction of sp³-hybridized carbons (Fsp3) is 0.700. The van der Waals surface area contributed by atoms with Crippen LogP contribution in [0.1, 0.15) is 82.2 Å². The number of anilines is 1. The third kappa shape index (κ3) is 4.66. The topological polar surface area (TPSA) is 48.7 Å². The Labute approximate surface area is 151 Å². The van der Waals surface area contributed by atoms with Gasteiger partial charge in [0.1, 0.15) is 11.9 Å². The molecule has 2 heterocycles. The average molecular weight is 346 g/mol. The molecule has 2 rings (SSSR count). The number of hydrogen-bond acceptors (Lipinski definition) is 4. The molecule has 0 amide bonds. The van der Waals surface area contributed by atoms with E-state index in [1.165, 1.54) is 36.1 Å². The van der Waals surface area contributed by atoms with Crippen molar-refractivity contribution in [2.75, 3.05) is 11.9 Å².